The van der Waals surface area contributed by atoms with Crippen LogP contribution < -0.4 is 10.6 Å². The molecule has 2 N–H and O–H groups in total. The summed E-state index contributed by atoms with van der Waals surface area (Å²) in [5.74, 6) is 0.298. The number of carbonyl (C=O) groups excluding carboxylic acids is 1. The standard InChI is InChI=1S/C13H22N4O2/c1-4-5-6-14-12(18)11-9-10(2)16-13(17-11)15-7-8-19-3/h9H,4-8H2,1-3H3,(H,14,18)(H,15,16,17). The summed E-state index contributed by atoms with van der Waals surface area (Å²) in [6.07, 6.45) is 2.02. The first kappa shape index (κ1) is 15.4. The lowest BCUT2D eigenvalue weighted by atomic mass is 10.3. The number of hydrogen-bond donors (Lipinski definition) is 2. The molecule has 0 aromatic carbocycles. The molecule has 0 saturated carbocycles. The van der Waals surface area contributed by atoms with Gasteiger partial charge in [0.1, 0.15) is 5.69 Å². The van der Waals surface area contributed by atoms with Gasteiger partial charge >= 0.3 is 0 Å². The molecule has 1 heterocycles. The minimum Gasteiger partial charge on any atom is -0.383 e. The molecule has 0 aliphatic carbocycles. The molecule has 0 aliphatic rings. The highest BCUT2D eigenvalue weighted by Crippen LogP contribution is 2.04. The number of aryl methyl sites for hydroxylation is 1. The number of ether oxygens (including phenoxy) is 1. The Labute approximate surface area is 114 Å². The van der Waals surface area contributed by atoms with Crippen LogP contribution in [0.25, 0.3) is 0 Å². The van der Waals surface area contributed by atoms with Gasteiger partial charge in [0, 0.05) is 25.9 Å². The second-order valence-corrected chi connectivity index (χ2v) is 4.25. The molecule has 1 aromatic heterocycles. The SMILES string of the molecule is CCCCNC(=O)c1cc(C)nc(NCCOC)n1. The molecule has 19 heavy (non-hydrogen) atoms. The van der Waals surface area contributed by atoms with E-state index in [1.165, 1.54) is 0 Å². The average Bonchev–Trinajstić information content (AvgIpc) is 2.38. The molecule has 6 heteroatoms. The summed E-state index contributed by atoms with van der Waals surface area (Å²) >= 11 is 0. The molecular formula is C13H22N4O2. The zero-order chi connectivity index (χ0) is 14.1. The Morgan fingerprint density at radius 3 is 2.84 bits per heavy atom. The van der Waals surface area contributed by atoms with Crippen LogP contribution in [-0.4, -0.2) is 42.7 Å². The van der Waals surface area contributed by atoms with Crippen molar-refractivity contribution in [3.63, 3.8) is 0 Å². The van der Waals surface area contributed by atoms with Gasteiger partial charge < -0.3 is 15.4 Å². The van der Waals surface area contributed by atoms with Crippen molar-refractivity contribution >= 4 is 11.9 Å². The zero-order valence-corrected chi connectivity index (χ0v) is 11.8. The molecule has 0 radical (unpaired) electrons. The van der Waals surface area contributed by atoms with E-state index in [-0.39, 0.29) is 5.91 Å². The summed E-state index contributed by atoms with van der Waals surface area (Å²) < 4.78 is 4.94. The minimum absolute atomic E-state index is 0.159. The average molecular weight is 266 g/mol. The number of carbonyl (C=O) groups is 1. The number of amides is 1. The van der Waals surface area contributed by atoms with E-state index < -0.39 is 0 Å². The lowest BCUT2D eigenvalue weighted by Crippen LogP contribution is -2.26. The van der Waals surface area contributed by atoms with Crippen molar-refractivity contribution in [2.75, 3.05) is 32.1 Å². The van der Waals surface area contributed by atoms with Crippen LogP contribution in [0.1, 0.15) is 35.9 Å². The molecule has 1 rings (SSSR count). The van der Waals surface area contributed by atoms with Crippen molar-refractivity contribution < 1.29 is 9.53 Å². The van der Waals surface area contributed by atoms with Crippen LogP contribution in [0.3, 0.4) is 0 Å². The van der Waals surface area contributed by atoms with E-state index in [1.54, 1.807) is 13.2 Å². The molecule has 0 fully saturated rings. The number of rotatable bonds is 8. The number of nitrogens with one attached hydrogen (secondary N) is 2. The molecule has 106 valence electrons. The molecule has 0 unspecified atom stereocenters. The van der Waals surface area contributed by atoms with Crippen LogP contribution in [0.5, 0.6) is 0 Å². The van der Waals surface area contributed by atoms with E-state index in [9.17, 15) is 4.79 Å². The number of unbranched alkanes of at least 4 members (excludes halogenated alkanes) is 1. The predicted octanol–water partition coefficient (Wildman–Crippen LogP) is 1.37. The van der Waals surface area contributed by atoms with Gasteiger partial charge in [-0.15, -0.1) is 0 Å². The van der Waals surface area contributed by atoms with Crippen LogP contribution >= 0.6 is 0 Å². The van der Waals surface area contributed by atoms with E-state index in [0.717, 1.165) is 18.5 Å². The maximum absolute atomic E-state index is 11.9. The van der Waals surface area contributed by atoms with Gasteiger partial charge in [-0.3, -0.25) is 4.79 Å². The first-order chi connectivity index (χ1) is 9.17. The maximum Gasteiger partial charge on any atom is 0.270 e. The number of aromatic nitrogens is 2. The van der Waals surface area contributed by atoms with E-state index in [4.69, 9.17) is 4.74 Å². The predicted molar refractivity (Wildman–Crippen MR) is 74.4 cm³/mol. The van der Waals surface area contributed by atoms with Crippen LogP contribution in [0, 0.1) is 6.92 Å². The van der Waals surface area contributed by atoms with E-state index in [1.807, 2.05) is 6.92 Å². The van der Waals surface area contributed by atoms with Crippen LogP contribution in [0.2, 0.25) is 0 Å². The smallest absolute Gasteiger partial charge is 0.270 e. The Balaban J connectivity index is 2.64. The summed E-state index contributed by atoms with van der Waals surface area (Å²) in [4.78, 5) is 20.3. The Morgan fingerprint density at radius 1 is 1.37 bits per heavy atom. The molecule has 6 nitrogen and oxygen atoms in total. The fourth-order valence-corrected chi connectivity index (χ4v) is 1.50. The Bertz CT molecular complexity index is 410. The Kier molecular flexibility index (Phi) is 6.81. The minimum atomic E-state index is -0.159. The van der Waals surface area contributed by atoms with Gasteiger partial charge in [-0.1, -0.05) is 13.3 Å². The van der Waals surface area contributed by atoms with Crippen molar-refractivity contribution in [3.05, 3.63) is 17.5 Å². The summed E-state index contributed by atoms with van der Waals surface area (Å²) in [7, 11) is 1.63. The Morgan fingerprint density at radius 2 is 2.16 bits per heavy atom. The lowest BCUT2D eigenvalue weighted by molar-refractivity contribution is 0.0948. The second-order valence-electron chi connectivity index (χ2n) is 4.25. The molecular weight excluding hydrogens is 244 g/mol. The highest BCUT2D eigenvalue weighted by Gasteiger charge is 2.09. The first-order valence-corrected chi connectivity index (χ1v) is 6.54. The van der Waals surface area contributed by atoms with Crippen molar-refractivity contribution in [1.29, 1.82) is 0 Å². The van der Waals surface area contributed by atoms with Gasteiger partial charge in [0.25, 0.3) is 5.91 Å². The van der Waals surface area contributed by atoms with E-state index >= 15 is 0 Å². The zero-order valence-electron chi connectivity index (χ0n) is 11.8. The van der Waals surface area contributed by atoms with Crippen LogP contribution in [0.15, 0.2) is 6.07 Å². The van der Waals surface area contributed by atoms with Gasteiger partial charge in [0.15, 0.2) is 0 Å². The van der Waals surface area contributed by atoms with Gasteiger partial charge in [-0.05, 0) is 19.4 Å². The monoisotopic (exact) mass is 266 g/mol. The number of methoxy groups -OCH3 is 1. The van der Waals surface area contributed by atoms with Crippen molar-refractivity contribution in [1.82, 2.24) is 15.3 Å². The quantitative estimate of drug-likeness (QED) is 0.695. The van der Waals surface area contributed by atoms with Crippen molar-refractivity contribution in [3.8, 4) is 0 Å². The molecule has 1 aromatic rings. The van der Waals surface area contributed by atoms with Gasteiger partial charge in [0.05, 0.1) is 6.61 Å². The maximum atomic E-state index is 11.9. The number of nitrogens with zero attached hydrogens (tertiary/aromatic N) is 2. The topological polar surface area (TPSA) is 76.1 Å². The fraction of sp³-hybridized carbons (Fsp3) is 0.615. The van der Waals surface area contributed by atoms with E-state index in [2.05, 4.69) is 27.5 Å². The third-order valence-electron chi connectivity index (χ3n) is 2.49. The summed E-state index contributed by atoms with van der Waals surface area (Å²) in [6, 6.07) is 1.68. The normalized spacial score (nSPS) is 10.3. The lowest BCUT2D eigenvalue weighted by Gasteiger charge is -2.08. The van der Waals surface area contributed by atoms with Crippen molar-refractivity contribution in [2.45, 2.75) is 26.7 Å². The summed E-state index contributed by atoms with van der Waals surface area (Å²) in [5.41, 5.74) is 1.15. The third kappa shape index (κ3) is 5.65. The van der Waals surface area contributed by atoms with Crippen LogP contribution in [-0.2, 0) is 4.74 Å². The molecule has 0 bridgehead atoms. The highest BCUT2D eigenvalue weighted by molar-refractivity contribution is 5.92. The number of anilines is 1. The van der Waals surface area contributed by atoms with Crippen molar-refractivity contribution in [2.24, 2.45) is 0 Å². The molecule has 0 atom stereocenters. The molecule has 0 aliphatic heterocycles. The van der Waals surface area contributed by atoms with E-state index in [0.29, 0.717) is 31.3 Å². The summed E-state index contributed by atoms with van der Waals surface area (Å²) in [5, 5.41) is 5.86. The highest BCUT2D eigenvalue weighted by atomic mass is 16.5. The molecule has 1 amide bonds. The van der Waals surface area contributed by atoms with Crippen LogP contribution in [0.4, 0.5) is 5.95 Å². The van der Waals surface area contributed by atoms with Gasteiger partial charge in [-0.25, -0.2) is 9.97 Å². The molecule has 0 saturated heterocycles. The van der Waals surface area contributed by atoms with Gasteiger partial charge in [-0.2, -0.15) is 0 Å². The van der Waals surface area contributed by atoms with Gasteiger partial charge in [0.2, 0.25) is 5.95 Å². The largest absolute Gasteiger partial charge is 0.383 e. The Hall–Kier alpha value is -1.69. The summed E-state index contributed by atoms with van der Waals surface area (Å²) in [6.45, 7) is 5.77. The second kappa shape index (κ2) is 8.42. The number of hydrogen-bond acceptors (Lipinski definition) is 5. The first-order valence-electron chi connectivity index (χ1n) is 6.54. The fourth-order valence-electron chi connectivity index (χ4n) is 1.50. The third-order valence-corrected chi connectivity index (χ3v) is 2.49. The molecule has 0 spiro atoms.